The van der Waals surface area contributed by atoms with E-state index in [1.54, 1.807) is 4.68 Å². The largest absolute Gasteiger partial charge is 0.307 e. The second-order valence-corrected chi connectivity index (χ2v) is 4.22. The van der Waals surface area contributed by atoms with Crippen molar-refractivity contribution in [1.82, 2.24) is 9.78 Å². The molecule has 0 amide bonds. The third-order valence-corrected chi connectivity index (χ3v) is 3.30. The monoisotopic (exact) mass is 209 g/mol. The highest BCUT2D eigenvalue weighted by Gasteiger charge is 2.24. The van der Waals surface area contributed by atoms with Crippen molar-refractivity contribution in [1.29, 1.82) is 0 Å². The number of nitro groups is 1. The van der Waals surface area contributed by atoms with Gasteiger partial charge in [-0.3, -0.25) is 14.8 Å². The fourth-order valence-electron chi connectivity index (χ4n) is 2.30. The molecule has 1 atom stereocenters. The van der Waals surface area contributed by atoms with E-state index in [1.807, 2.05) is 0 Å². The maximum Gasteiger partial charge on any atom is 0.307 e. The summed E-state index contributed by atoms with van der Waals surface area (Å²) in [6.07, 6.45) is 7.84. The van der Waals surface area contributed by atoms with Gasteiger partial charge in [-0.15, -0.1) is 0 Å². The zero-order chi connectivity index (χ0) is 10.8. The van der Waals surface area contributed by atoms with Crippen molar-refractivity contribution in [2.24, 2.45) is 5.92 Å². The van der Waals surface area contributed by atoms with Crippen LogP contribution in [-0.4, -0.2) is 14.7 Å². The van der Waals surface area contributed by atoms with Crippen molar-refractivity contribution in [2.45, 2.75) is 38.6 Å². The van der Waals surface area contributed by atoms with Crippen LogP contribution in [0, 0.1) is 16.0 Å². The predicted octanol–water partition coefficient (Wildman–Crippen LogP) is 2.54. The van der Waals surface area contributed by atoms with Crippen molar-refractivity contribution in [3.8, 4) is 0 Å². The van der Waals surface area contributed by atoms with E-state index in [0.29, 0.717) is 5.92 Å². The third-order valence-electron chi connectivity index (χ3n) is 3.30. The molecule has 0 saturated heterocycles. The van der Waals surface area contributed by atoms with Crippen LogP contribution in [0.15, 0.2) is 12.4 Å². The summed E-state index contributed by atoms with van der Waals surface area (Å²) in [5.41, 5.74) is 0.0832. The highest BCUT2D eigenvalue weighted by molar-refractivity contribution is 5.21. The molecule has 1 unspecified atom stereocenters. The average Bonchev–Trinajstić information content (AvgIpc) is 2.88. The molecule has 1 aromatic heterocycles. The molecule has 0 radical (unpaired) electrons. The van der Waals surface area contributed by atoms with Crippen LogP contribution >= 0.6 is 0 Å². The number of rotatable bonds is 3. The Balaban J connectivity index is 2.10. The van der Waals surface area contributed by atoms with Crippen LogP contribution in [-0.2, 0) is 0 Å². The molecule has 1 aliphatic rings. The first-order valence-electron chi connectivity index (χ1n) is 5.37. The quantitative estimate of drug-likeness (QED) is 0.567. The molecule has 2 rings (SSSR count). The minimum atomic E-state index is -0.398. The topological polar surface area (TPSA) is 61.0 Å². The lowest BCUT2D eigenvalue weighted by Crippen LogP contribution is -2.14. The predicted molar refractivity (Wildman–Crippen MR) is 55.6 cm³/mol. The van der Waals surface area contributed by atoms with E-state index in [9.17, 15) is 10.1 Å². The lowest BCUT2D eigenvalue weighted by atomic mass is 10.0. The summed E-state index contributed by atoms with van der Waals surface area (Å²) in [5.74, 6) is 0.629. The van der Waals surface area contributed by atoms with Gasteiger partial charge in [-0.2, -0.15) is 5.10 Å². The van der Waals surface area contributed by atoms with Crippen LogP contribution in [0.25, 0.3) is 0 Å². The summed E-state index contributed by atoms with van der Waals surface area (Å²) in [5, 5.41) is 14.6. The molecule has 82 valence electrons. The highest BCUT2D eigenvalue weighted by atomic mass is 16.6. The van der Waals surface area contributed by atoms with Crippen LogP contribution < -0.4 is 0 Å². The van der Waals surface area contributed by atoms with Crippen LogP contribution in [0.2, 0.25) is 0 Å². The van der Waals surface area contributed by atoms with Gasteiger partial charge in [0, 0.05) is 0 Å². The third kappa shape index (κ3) is 2.00. The molecule has 1 heterocycles. The van der Waals surface area contributed by atoms with Crippen LogP contribution in [0.5, 0.6) is 0 Å². The minimum Gasteiger partial charge on any atom is -0.263 e. The van der Waals surface area contributed by atoms with Gasteiger partial charge in [0.25, 0.3) is 0 Å². The molecule has 0 aromatic carbocycles. The Morgan fingerprint density at radius 3 is 2.80 bits per heavy atom. The SMILES string of the molecule is CC(C1CCCC1)n1cc([N+](=O)[O-])cn1. The van der Waals surface area contributed by atoms with Gasteiger partial charge in [-0.05, 0) is 25.7 Å². The number of aromatic nitrogens is 2. The van der Waals surface area contributed by atoms with E-state index in [2.05, 4.69) is 12.0 Å². The van der Waals surface area contributed by atoms with Gasteiger partial charge in [0.05, 0.1) is 11.0 Å². The molecular weight excluding hydrogens is 194 g/mol. The Hall–Kier alpha value is -1.39. The van der Waals surface area contributed by atoms with Crippen LogP contribution in [0.3, 0.4) is 0 Å². The molecule has 5 heteroatoms. The lowest BCUT2D eigenvalue weighted by molar-refractivity contribution is -0.385. The summed E-state index contributed by atoms with van der Waals surface area (Å²) >= 11 is 0. The fourth-order valence-corrected chi connectivity index (χ4v) is 2.30. The van der Waals surface area contributed by atoms with Gasteiger partial charge in [0.15, 0.2) is 0 Å². The van der Waals surface area contributed by atoms with E-state index in [1.165, 1.54) is 38.1 Å². The van der Waals surface area contributed by atoms with Gasteiger partial charge in [-0.25, -0.2) is 0 Å². The summed E-state index contributed by atoms with van der Waals surface area (Å²) in [7, 11) is 0. The second kappa shape index (κ2) is 4.00. The van der Waals surface area contributed by atoms with Crippen LogP contribution in [0.4, 0.5) is 5.69 Å². The molecule has 0 N–H and O–H groups in total. The Morgan fingerprint density at radius 2 is 2.27 bits per heavy atom. The molecule has 1 saturated carbocycles. The Morgan fingerprint density at radius 1 is 1.60 bits per heavy atom. The fraction of sp³-hybridized carbons (Fsp3) is 0.700. The summed E-state index contributed by atoms with van der Waals surface area (Å²) in [6, 6.07) is 0.279. The average molecular weight is 209 g/mol. The molecule has 15 heavy (non-hydrogen) atoms. The minimum absolute atomic E-state index is 0.0832. The Labute approximate surface area is 88.2 Å². The van der Waals surface area contributed by atoms with Gasteiger partial charge in [0.2, 0.25) is 0 Å². The molecule has 0 aliphatic heterocycles. The molecule has 0 bridgehead atoms. The van der Waals surface area contributed by atoms with E-state index in [4.69, 9.17) is 0 Å². The molecule has 0 spiro atoms. The Kier molecular flexibility index (Phi) is 2.70. The highest BCUT2D eigenvalue weighted by Crippen LogP contribution is 2.33. The molecular formula is C10H15N3O2. The van der Waals surface area contributed by atoms with E-state index in [-0.39, 0.29) is 11.7 Å². The number of nitrogens with zero attached hydrogens (tertiary/aromatic N) is 3. The number of hydrogen-bond donors (Lipinski definition) is 0. The molecule has 1 aliphatic carbocycles. The zero-order valence-electron chi connectivity index (χ0n) is 8.80. The van der Waals surface area contributed by atoms with E-state index < -0.39 is 4.92 Å². The Bertz CT molecular complexity index is 355. The first-order valence-corrected chi connectivity index (χ1v) is 5.37. The van der Waals surface area contributed by atoms with E-state index >= 15 is 0 Å². The van der Waals surface area contributed by atoms with Crippen molar-refractivity contribution >= 4 is 5.69 Å². The summed E-state index contributed by atoms with van der Waals surface area (Å²) in [6.45, 7) is 2.09. The van der Waals surface area contributed by atoms with Crippen molar-refractivity contribution in [2.75, 3.05) is 0 Å². The van der Waals surface area contributed by atoms with Gasteiger partial charge in [0.1, 0.15) is 12.4 Å². The van der Waals surface area contributed by atoms with Crippen molar-refractivity contribution < 1.29 is 4.92 Å². The first kappa shape index (κ1) is 10.1. The van der Waals surface area contributed by atoms with Crippen molar-refractivity contribution in [3.05, 3.63) is 22.5 Å². The van der Waals surface area contributed by atoms with Gasteiger partial charge < -0.3 is 0 Å². The second-order valence-electron chi connectivity index (χ2n) is 4.22. The van der Waals surface area contributed by atoms with Crippen molar-refractivity contribution in [3.63, 3.8) is 0 Å². The van der Waals surface area contributed by atoms with E-state index in [0.717, 1.165) is 0 Å². The standard InChI is InChI=1S/C10H15N3O2/c1-8(9-4-2-3-5-9)12-7-10(6-11-12)13(14)15/h6-9H,2-5H2,1H3. The van der Waals surface area contributed by atoms with Gasteiger partial charge >= 0.3 is 5.69 Å². The number of hydrogen-bond acceptors (Lipinski definition) is 3. The molecule has 1 aromatic rings. The van der Waals surface area contributed by atoms with Gasteiger partial charge in [-0.1, -0.05) is 12.8 Å². The lowest BCUT2D eigenvalue weighted by Gasteiger charge is -2.18. The normalized spacial score (nSPS) is 19.3. The smallest absolute Gasteiger partial charge is 0.263 e. The summed E-state index contributed by atoms with van der Waals surface area (Å²) in [4.78, 5) is 10.1. The van der Waals surface area contributed by atoms with Crippen LogP contribution in [0.1, 0.15) is 38.6 Å². The maximum atomic E-state index is 10.5. The molecule has 1 fully saturated rings. The summed E-state index contributed by atoms with van der Waals surface area (Å²) < 4.78 is 1.73. The zero-order valence-corrected chi connectivity index (χ0v) is 8.80. The molecule has 5 nitrogen and oxygen atoms in total. The first-order chi connectivity index (χ1) is 7.18. The maximum absolute atomic E-state index is 10.5.